The topological polar surface area (TPSA) is 33.6 Å². The van der Waals surface area contributed by atoms with E-state index in [4.69, 9.17) is 0 Å². The zero-order valence-electron chi connectivity index (χ0n) is 11.5. The van der Waals surface area contributed by atoms with Crippen LogP contribution in [-0.4, -0.2) is 14.5 Å². The van der Waals surface area contributed by atoms with E-state index < -0.39 is 0 Å². The van der Waals surface area contributed by atoms with Crippen molar-refractivity contribution in [3.63, 3.8) is 0 Å². The molecule has 1 N–H and O–H groups in total. The predicted molar refractivity (Wildman–Crippen MR) is 84.2 cm³/mol. The molecule has 0 aliphatic heterocycles. The van der Waals surface area contributed by atoms with E-state index in [1.165, 1.54) is 16.5 Å². The summed E-state index contributed by atoms with van der Waals surface area (Å²) in [7, 11) is 0. The Kier molecular flexibility index (Phi) is 2.82. The Labute approximate surface area is 122 Å². The first kappa shape index (κ1) is 12.0. The Balaban J connectivity index is 1.95. The van der Waals surface area contributed by atoms with Crippen LogP contribution >= 0.6 is 0 Å². The third kappa shape index (κ3) is 2.03. The molecule has 21 heavy (non-hydrogen) atoms. The summed E-state index contributed by atoms with van der Waals surface area (Å²) in [5.74, 6) is 0. The number of nitrogens with one attached hydrogen (secondary N) is 1. The van der Waals surface area contributed by atoms with Crippen molar-refractivity contribution < 1.29 is 0 Å². The van der Waals surface area contributed by atoms with Gasteiger partial charge in [-0.3, -0.25) is 0 Å². The number of fused-ring (bicyclic) bond motifs is 1. The highest BCUT2D eigenvalue weighted by atomic mass is 15.1. The normalized spacial score (nSPS) is 12.6. The molecule has 0 aliphatic rings. The Morgan fingerprint density at radius 1 is 0.952 bits per heavy atom. The molecule has 0 saturated heterocycles. The first-order valence-electron chi connectivity index (χ1n) is 7.02. The molecule has 102 valence electrons. The second-order valence-corrected chi connectivity index (χ2v) is 5.11. The van der Waals surface area contributed by atoms with Gasteiger partial charge in [-0.25, -0.2) is 4.98 Å². The maximum atomic E-state index is 4.21. The highest BCUT2D eigenvalue weighted by Crippen LogP contribution is 2.31. The van der Waals surface area contributed by atoms with Crippen molar-refractivity contribution in [1.29, 1.82) is 0 Å². The fourth-order valence-electron chi connectivity index (χ4n) is 2.89. The number of para-hydroxylation sites is 1. The number of hydrogen-bond acceptors (Lipinski definition) is 1. The average molecular weight is 273 g/mol. The fourth-order valence-corrected chi connectivity index (χ4v) is 2.89. The van der Waals surface area contributed by atoms with Crippen LogP contribution in [0.2, 0.25) is 0 Å². The molecular formula is C18H15N3. The molecule has 0 fully saturated rings. The standard InChI is InChI=1S/C18H15N3/c1-2-6-14(7-3-1)18(21-11-10-19-13-21)16-12-20-17-9-5-4-8-15(16)17/h1-13,18,20H. The summed E-state index contributed by atoms with van der Waals surface area (Å²) in [5.41, 5.74) is 3.67. The van der Waals surface area contributed by atoms with E-state index in [-0.39, 0.29) is 6.04 Å². The van der Waals surface area contributed by atoms with Crippen molar-refractivity contribution in [2.75, 3.05) is 0 Å². The molecule has 1 unspecified atom stereocenters. The van der Waals surface area contributed by atoms with Gasteiger partial charge >= 0.3 is 0 Å². The Hall–Kier alpha value is -2.81. The average Bonchev–Trinajstić information content (AvgIpc) is 3.20. The molecule has 1 atom stereocenters. The lowest BCUT2D eigenvalue weighted by molar-refractivity contribution is 0.681. The van der Waals surface area contributed by atoms with Gasteiger partial charge in [-0.15, -0.1) is 0 Å². The molecule has 0 saturated carbocycles. The lowest BCUT2D eigenvalue weighted by Crippen LogP contribution is -2.10. The minimum atomic E-state index is 0.129. The van der Waals surface area contributed by atoms with Gasteiger partial charge in [0.25, 0.3) is 0 Å². The molecule has 4 rings (SSSR count). The summed E-state index contributed by atoms with van der Waals surface area (Å²) in [6.45, 7) is 0. The van der Waals surface area contributed by atoms with Crippen LogP contribution in [0.15, 0.2) is 79.5 Å². The monoisotopic (exact) mass is 273 g/mol. The number of imidazole rings is 1. The first-order chi connectivity index (χ1) is 10.4. The Bertz CT molecular complexity index is 844. The maximum absolute atomic E-state index is 4.21. The fraction of sp³-hybridized carbons (Fsp3) is 0.0556. The van der Waals surface area contributed by atoms with Crippen molar-refractivity contribution >= 4 is 10.9 Å². The lowest BCUT2D eigenvalue weighted by Gasteiger charge is -2.18. The molecule has 0 spiro atoms. The molecule has 0 amide bonds. The van der Waals surface area contributed by atoms with Crippen LogP contribution in [0, 0.1) is 0 Å². The van der Waals surface area contributed by atoms with Gasteiger partial charge in [0.15, 0.2) is 0 Å². The quantitative estimate of drug-likeness (QED) is 0.601. The van der Waals surface area contributed by atoms with E-state index in [0.29, 0.717) is 0 Å². The van der Waals surface area contributed by atoms with Gasteiger partial charge in [-0.2, -0.15) is 0 Å². The molecule has 0 bridgehead atoms. The molecule has 0 aliphatic carbocycles. The number of aromatic nitrogens is 3. The Morgan fingerprint density at radius 3 is 2.57 bits per heavy atom. The number of rotatable bonds is 3. The van der Waals surface area contributed by atoms with Crippen molar-refractivity contribution in [3.05, 3.63) is 90.6 Å². The zero-order valence-corrected chi connectivity index (χ0v) is 11.5. The lowest BCUT2D eigenvalue weighted by atomic mass is 9.98. The Morgan fingerprint density at radius 2 is 1.76 bits per heavy atom. The number of aromatic amines is 1. The molecule has 2 aromatic carbocycles. The van der Waals surface area contributed by atoms with Crippen LogP contribution in [-0.2, 0) is 0 Å². The van der Waals surface area contributed by atoms with Crippen molar-refractivity contribution in [2.24, 2.45) is 0 Å². The second kappa shape index (κ2) is 4.94. The molecule has 0 radical (unpaired) electrons. The minimum absolute atomic E-state index is 0.129. The van der Waals surface area contributed by atoms with Gasteiger partial charge in [0, 0.05) is 35.1 Å². The number of hydrogen-bond donors (Lipinski definition) is 1. The van der Waals surface area contributed by atoms with Crippen molar-refractivity contribution in [3.8, 4) is 0 Å². The van der Waals surface area contributed by atoms with Gasteiger partial charge in [-0.1, -0.05) is 48.5 Å². The van der Waals surface area contributed by atoms with E-state index >= 15 is 0 Å². The highest BCUT2D eigenvalue weighted by Gasteiger charge is 2.18. The number of benzene rings is 2. The SMILES string of the molecule is c1ccc(C(c2c[nH]c3ccccc23)n2ccnc2)cc1. The van der Waals surface area contributed by atoms with Crippen LogP contribution in [0.4, 0.5) is 0 Å². The molecule has 4 aromatic rings. The van der Waals surface area contributed by atoms with E-state index in [9.17, 15) is 0 Å². The van der Waals surface area contributed by atoms with Gasteiger partial charge in [0.1, 0.15) is 0 Å². The summed E-state index contributed by atoms with van der Waals surface area (Å²) in [6, 6.07) is 19.0. The third-order valence-corrected chi connectivity index (χ3v) is 3.85. The van der Waals surface area contributed by atoms with Crippen LogP contribution in [0.1, 0.15) is 17.2 Å². The highest BCUT2D eigenvalue weighted by molar-refractivity contribution is 5.84. The summed E-state index contributed by atoms with van der Waals surface area (Å²) < 4.78 is 2.14. The summed E-state index contributed by atoms with van der Waals surface area (Å²) in [4.78, 5) is 7.58. The minimum Gasteiger partial charge on any atom is -0.361 e. The van der Waals surface area contributed by atoms with Crippen LogP contribution in [0.3, 0.4) is 0 Å². The molecule has 2 heterocycles. The van der Waals surface area contributed by atoms with Crippen LogP contribution < -0.4 is 0 Å². The maximum Gasteiger partial charge on any atom is 0.0954 e. The second-order valence-electron chi connectivity index (χ2n) is 5.11. The predicted octanol–water partition coefficient (Wildman–Crippen LogP) is 4.00. The van der Waals surface area contributed by atoms with Gasteiger partial charge in [-0.05, 0) is 11.6 Å². The molecule has 3 nitrogen and oxygen atoms in total. The van der Waals surface area contributed by atoms with Crippen molar-refractivity contribution in [2.45, 2.75) is 6.04 Å². The van der Waals surface area contributed by atoms with E-state index in [0.717, 1.165) is 5.52 Å². The van der Waals surface area contributed by atoms with Crippen molar-refractivity contribution in [1.82, 2.24) is 14.5 Å². The number of nitrogens with zero attached hydrogens (tertiary/aromatic N) is 2. The summed E-state index contributed by atoms with van der Waals surface area (Å²) in [5, 5.41) is 1.25. The van der Waals surface area contributed by atoms with Crippen LogP contribution in [0.5, 0.6) is 0 Å². The number of H-pyrrole nitrogens is 1. The molecule has 2 aromatic heterocycles. The largest absolute Gasteiger partial charge is 0.361 e. The third-order valence-electron chi connectivity index (χ3n) is 3.85. The van der Waals surface area contributed by atoms with E-state index in [1.807, 2.05) is 24.8 Å². The van der Waals surface area contributed by atoms with Gasteiger partial charge in [0.2, 0.25) is 0 Å². The molecular weight excluding hydrogens is 258 g/mol. The van der Waals surface area contributed by atoms with Gasteiger partial charge in [0.05, 0.1) is 12.4 Å². The zero-order chi connectivity index (χ0) is 14.1. The van der Waals surface area contributed by atoms with Gasteiger partial charge < -0.3 is 9.55 Å². The van der Waals surface area contributed by atoms with E-state index in [1.54, 1.807) is 0 Å². The first-order valence-corrected chi connectivity index (χ1v) is 7.02. The van der Waals surface area contributed by atoms with Crippen LogP contribution in [0.25, 0.3) is 10.9 Å². The van der Waals surface area contributed by atoms with E-state index in [2.05, 4.69) is 69.3 Å². The molecule has 3 heteroatoms. The summed E-state index contributed by atoms with van der Waals surface area (Å²) >= 11 is 0. The smallest absolute Gasteiger partial charge is 0.0954 e. The summed E-state index contributed by atoms with van der Waals surface area (Å²) in [6.07, 6.45) is 7.81.